The van der Waals surface area contributed by atoms with E-state index in [1.807, 2.05) is 16.1 Å². The molecule has 3 heterocycles. The number of benzene rings is 1. The third-order valence-electron chi connectivity index (χ3n) is 4.40. The molecule has 1 aliphatic heterocycles. The molecule has 29 heavy (non-hydrogen) atoms. The predicted octanol–water partition coefficient (Wildman–Crippen LogP) is 2.66. The van der Waals surface area contributed by atoms with E-state index in [0.29, 0.717) is 22.8 Å². The molecule has 2 amide bonds. The van der Waals surface area contributed by atoms with Crippen molar-refractivity contribution in [1.29, 1.82) is 0 Å². The summed E-state index contributed by atoms with van der Waals surface area (Å²) in [5.74, 6) is -0.671. The third kappa shape index (κ3) is 4.27. The number of ether oxygens (including phenoxy) is 1. The minimum absolute atomic E-state index is 0.203. The highest BCUT2D eigenvalue weighted by molar-refractivity contribution is 7.13. The van der Waals surface area contributed by atoms with Crippen LogP contribution in [-0.2, 0) is 16.1 Å². The van der Waals surface area contributed by atoms with Crippen molar-refractivity contribution in [2.24, 2.45) is 0 Å². The number of rotatable bonds is 6. The number of thiazole rings is 1. The molecule has 1 aliphatic rings. The fraction of sp³-hybridized carbons (Fsp3) is 0.263. The Labute approximate surface area is 170 Å². The summed E-state index contributed by atoms with van der Waals surface area (Å²) >= 11 is 1.36. The number of aromatic nitrogens is 3. The second-order valence-electron chi connectivity index (χ2n) is 6.60. The first-order valence-electron chi connectivity index (χ1n) is 8.92. The first-order chi connectivity index (χ1) is 14.0. The molecule has 4 rings (SSSR count). The van der Waals surface area contributed by atoms with Gasteiger partial charge in [0.25, 0.3) is 0 Å². The Morgan fingerprint density at radius 1 is 1.45 bits per heavy atom. The molecule has 1 fully saturated rings. The molecule has 0 saturated carbocycles. The molecular formula is C19H18FN5O3S. The van der Waals surface area contributed by atoms with Crippen LogP contribution >= 0.6 is 11.3 Å². The van der Waals surface area contributed by atoms with Crippen molar-refractivity contribution >= 4 is 29.0 Å². The van der Waals surface area contributed by atoms with E-state index in [-0.39, 0.29) is 19.0 Å². The van der Waals surface area contributed by atoms with Crippen LogP contribution in [-0.4, -0.2) is 45.7 Å². The maximum Gasteiger partial charge on any atom is 0.414 e. The molecule has 10 heteroatoms. The number of anilines is 1. The first-order valence-corrected chi connectivity index (χ1v) is 9.80. The highest BCUT2D eigenvalue weighted by Gasteiger charge is 2.32. The Balaban J connectivity index is 1.48. The number of imidazole rings is 1. The number of hydrogen-bond acceptors (Lipinski definition) is 6. The lowest BCUT2D eigenvalue weighted by Crippen LogP contribution is -2.33. The fourth-order valence-electron chi connectivity index (χ4n) is 3.01. The summed E-state index contributed by atoms with van der Waals surface area (Å²) in [7, 11) is 0. The number of nitrogens with zero attached hydrogens (tertiary/aromatic N) is 4. The van der Waals surface area contributed by atoms with Crippen molar-refractivity contribution in [3.63, 3.8) is 0 Å². The second kappa shape index (κ2) is 8.00. The predicted molar refractivity (Wildman–Crippen MR) is 105 cm³/mol. The normalized spacial score (nSPS) is 16.1. The van der Waals surface area contributed by atoms with Gasteiger partial charge in [-0.1, -0.05) is 0 Å². The zero-order valence-electron chi connectivity index (χ0n) is 15.5. The Hall–Kier alpha value is -3.27. The van der Waals surface area contributed by atoms with E-state index in [1.165, 1.54) is 29.2 Å². The molecule has 1 atom stereocenters. The summed E-state index contributed by atoms with van der Waals surface area (Å²) in [6.07, 6.45) is 4.18. The zero-order chi connectivity index (χ0) is 20.4. The number of nitrogens with one attached hydrogen (secondary N) is 1. The molecule has 0 radical (unpaired) electrons. The van der Waals surface area contributed by atoms with E-state index in [1.54, 1.807) is 24.7 Å². The summed E-state index contributed by atoms with van der Waals surface area (Å²) in [5, 5.41) is 5.06. The van der Waals surface area contributed by atoms with Crippen LogP contribution in [0.3, 0.4) is 0 Å². The van der Waals surface area contributed by atoms with Gasteiger partial charge in [0.1, 0.15) is 16.9 Å². The molecule has 1 N–H and O–H groups in total. The second-order valence-corrected chi connectivity index (χ2v) is 7.45. The van der Waals surface area contributed by atoms with Crippen LogP contribution in [0.15, 0.2) is 42.3 Å². The van der Waals surface area contributed by atoms with Gasteiger partial charge in [0.05, 0.1) is 37.3 Å². The summed E-state index contributed by atoms with van der Waals surface area (Å²) in [4.78, 5) is 33.0. The van der Waals surface area contributed by atoms with Crippen LogP contribution < -0.4 is 10.2 Å². The maximum absolute atomic E-state index is 14.8. The SMILES string of the molecule is CC(=O)NCC1CN(c2ccc(-c3nc(Cn4ccnc4)cs3)c(F)c2)C(=O)O1. The van der Waals surface area contributed by atoms with E-state index in [2.05, 4.69) is 15.3 Å². The quantitative estimate of drug-likeness (QED) is 0.669. The van der Waals surface area contributed by atoms with Crippen molar-refractivity contribution in [2.75, 3.05) is 18.0 Å². The van der Waals surface area contributed by atoms with Gasteiger partial charge >= 0.3 is 6.09 Å². The molecule has 150 valence electrons. The van der Waals surface area contributed by atoms with Crippen molar-refractivity contribution in [1.82, 2.24) is 19.9 Å². The lowest BCUT2D eigenvalue weighted by molar-refractivity contribution is -0.119. The molecule has 1 saturated heterocycles. The maximum atomic E-state index is 14.8. The van der Waals surface area contributed by atoms with Gasteiger partial charge in [-0.15, -0.1) is 11.3 Å². The third-order valence-corrected chi connectivity index (χ3v) is 5.33. The largest absolute Gasteiger partial charge is 0.442 e. The molecule has 2 aromatic heterocycles. The van der Waals surface area contributed by atoms with Crippen molar-refractivity contribution in [2.45, 2.75) is 19.6 Å². The average Bonchev–Trinajstić information content (AvgIpc) is 3.42. The highest BCUT2D eigenvalue weighted by Crippen LogP contribution is 2.31. The van der Waals surface area contributed by atoms with Crippen molar-refractivity contribution in [3.05, 3.63) is 53.8 Å². The van der Waals surface area contributed by atoms with E-state index in [4.69, 9.17) is 4.74 Å². The monoisotopic (exact) mass is 415 g/mol. The summed E-state index contributed by atoms with van der Waals surface area (Å²) in [6, 6.07) is 4.57. The zero-order valence-corrected chi connectivity index (χ0v) is 16.4. The number of carbonyl (C=O) groups excluding carboxylic acids is 2. The fourth-order valence-corrected chi connectivity index (χ4v) is 3.85. The number of hydrogen-bond donors (Lipinski definition) is 1. The summed E-state index contributed by atoms with van der Waals surface area (Å²) < 4.78 is 21.9. The van der Waals surface area contributed by atoms with Crippen LogP contribution in [0.5, 0.6) is 0 Å². The molecule has 1 aromatic carbocycles. The summed E-state index contributed by atoms with van der Waals surface area (Å²) in [6.45, 7) is 2.41. The van der Waals surface area contributed by atoms with Gasteiger partial charge in [-0.25, -0.2) is 19.2 Å². The van der Waals surface area contributed by atoms with Gasteiger partial charge in [0.15, 0.2) is 0 Å². The van der Waals surface area contributed by atoms with Crippen molar-refractivity contribution < 1.29 is 18.7 Å². The molecule has 1 unspecified atom stereocenters. The Bertz CT molecular complexity index is 1040. The molecule has 0 spiro atoms. The van der Waals surface area contributed by atoms with Gasteiger partial charge in [-0.05, 0) is 18.2 Å². The average molecular weight is 415 g/mol. The highest BCUT2D eigenvalue weighted by atomic mass is 32.1. The van der Waals surface area contributed by atoms with Crippen LogP contribution in [0.25, 0.3) is 10.6 Å². The Morgan fingerprint density at radius 3 is 3.03 bits per heavy atom. The number of amides is 2. The van der Waals surface area contributed by atoms with Gasteiger partial charge in [0, 0.05) is 30.3 Å². The number of halogens is 1. The Morgan fingerprint density at radius 2 is 2.31 bits per heavy atom. The summed E-state index contributed by atoms with van der Waals surface area (Å²) in [5.41, 5.74) is 1.59. The van der Waals surface area contributed by atoms with E-state index < -0.39 is 18.0 Å². The number of carbonyl (C=O) groups is 2. The molecular weight excluding hydrogens is 397 g/mol. The van der Waals surface area contributed by atoms with Crippen molar-refractivity contribution in [3.8, 4) is 10.6 Å². The standard InChI is InChI=1S/C19H18FN5O3S/c1-12(26)22-7-15-9-25(19(27)28-15)14-2-3-16(17(20)6-14)18-23-13(10-29-18)8-24-5-4-21-11-24/h2-6,10-11,15H,7-9H2,1H3,(H,22,26). The molecule has 8 nitrogen and oxygen atoms in total. The minimum atomic E-state index is -0.565. The molecule has 3 aromatic rings. The lowest BCUT2D eigenvalue weighted by atomic mass is 10.2. The first kappa shape index (κ1) is 19.1. The van der Waals surface area contributed by atoms with Crippen LogP contribution in [0.4, 0.5) is 14.9 Å². The molecule has 0 bridgehead atoms. The van der Waals surface area contributed by atoms with Gasteiger partial charge in [0.2, 0.25) is 5.91 Å². The van der Waals surface area contributed by atoms with Crippen LogP contribution in [0.2, 0.25) is 0 Å². The topological polar surface area (TPSA) is 89.4 Å². The van der Waals surface area contributed by atoms with Gasteiger partial charge in [-0.3, -0.25) is 9.69 Å². The molecule has 0 aliphatic carbocycles. The number of cyclic esters (lactones) is 1. The van der Waals surface area contributed by atoms with E-state index in [9.17, 15) is 14.0 Å². The van der Waals surface area contributed by atoms with Crippen LogP contribution in [0, 0.1) is 5.82 Å². The van der Waals surface area contributed by atoms with E-state index >= 15 is 0 Å². The smallest absolute Gasteiger partial charge is 0.414 e. The lowest BCUT2D eigenvalue weighted by Gasteiger charge is -2.14. The minimum Gasteiger partial charge on any atom is -0.442 e. The van der Waals surface area contributed by atoms with Gasteiger partial charge in [-0.2, -0.15) is 0 Å². The van der Waals surface area contributed by atoms with Gasteiger partial charge < -0.3 is 14.6 Å². The Kier molecular flexibility index (Phi) is 5.26. The van der Waals surface area contributed by atoms with E-state index in [0.717, 1.165) is 5.69 Å². The van der Waals surface area contributed by atoms with Crippen LogP contribution in [0.1, 0.15) is 12.6 Å².